The number of nitrogens with one attached hydrogen (secondary N) is 1. The predicted molar refractivity (Wildman–Crippen MR) is 52.8 cm³/mol. The molecule has 0 aromatic carbocycles. The Morgan fingerprint density at radius 3 is 2.93 bits per heavy atom. The van der Waals surface area contributed by atoms with Gasteiger partial charge in [-0.2, -0.15) is 0 Å². The highest BCUT2D eigenvalue weighted by Gasteiger charge is 2.24. The van der Waals surface area contributed by atoms with Crippen molar-refractivity contribution in [2.45, 2.75) is 18.9 Å². The van der Waals surface area contributed by atoms with Crippen LogP contribution in [0.3, 0.4) is 0 Å². The molecule has 0 atom stereocenters. The van der Waals surface area contributed by atoms with Crippen molar-refractivity contribution in [3.63, 3.8) is 0 Å². The molecule has 1 aromatic rings. The third kappa shape index (κ3) is 1.84. The number of aromatic nitrogens is 1. The Morgan fingerprint density at radius 1 is 1.57 bits per heavy atom. The lowest BCUT2D eigenvalue weighted by Crippen LogP contribution is -2.03. The summed E-state index contributed by atoms with van der Waals surface area (Å²) in [6, 6.07) is 3.58. The van der Waals surface area contributed by atoms with Crippen molar-refractivity contribution in [1.82, 2.24) is 4.98 Å². The molecule has 74 valence electrons. The third-order valence-electron chi connectivity index (χ3n) is 2.07. The average molecular weight is 192 g/mol. The topological polar surface area (TPSA) is 51.2 Å². The first kappa shape index (κ1) is 8.99. The van der Waals surface area contributed by atoms with Crippen LogP contribution in [-0.4, -0.2) is 24.4 Å². The molecule has 1 fully saturated rings. The predicted octanol–water partition coefficient (Wildman–Crippen LogP) is 1.48. The maximum Gasteiger partial charge on any atom is 0.172 e. The van der Waals surface area contributed by atoms with E-state index in [-0.39, 0.29) is 6.10 Å². The van der Waals surface area contributed by atoms with E-state index in [1.54, 1.807) is 19.2 Å². The second kappa shape index (κ2) is 3.65. The molecule has 0 bridgehead atoms. The summed E-state index contributed by atoms with van der Waals surface area (Å²) < 4.78 is 5.53. The number of anilines is 1. The Bertz CT molecular complexity index is 348. The number of pyridine rings is 1. The van der Waals surface area contributed by atoms with E-state index in [4.69, 9.17) is 4.74 Å². The maximum absolute atomic E-state index is 10.7. The zero-order valence-corrected chi connectivity index (χ0v) is 7.99. The average Bonchev–Trinajstić information content (AvgIpc) is 3.02. The van der Waals surface area contributed by atoms with E-state index in [0.717, 1.165) is 19.1 Å². The van der Waals surface area contributed by atoms with Crippen molar-refractivity contribution >= 4 is 12.1 Å². The molecule has 4 nitrogen and oxygen atoms in total. The molecule has 2 rings (SSSR count). The summed E-state index contributed by atoms with van der Waals surface area (Å²) in [4.78, 5) is 14.8. The van der Waals surface area contributed by atoms with Gasteiger partial charge in [-0.1, -0.05) is 0 Å². The largest absolute Gasteiger partial charge is 0.488 e. The summed E-state index contributed by atoms with van der Waals surface area (Å²) >= 11 is 0. The van der Waals surface area contributed by atoms with Crippen molar-refractivity contribution in [2.24, 2.45) is 0 Å². The van der Waals surface area contributed by atoms with Gasteiger partial charge in [-0.05, 0) is 25.0 Å². The maximum atomic E-state index is 10.7. The Balaban J connectivity index is 2.23. The number of carbonyl (C=O) groups is 1. The van der Waals surface area contributed by atoms with Crippen LogP contribution in [0.5, 0.6) is 5.75 Å². The minimum absolute atomic E-state index is 0.288. The van der Waals surface area contributed by atoms with Gasteiger partial charge in [0.05, 0.1) is 6.10 Å². The van der Waals surface area contributed by atoms with Gasteiger partial charge in [-0.15, -0.1) is 0 Å². The van der Waals surface area contributed by atoms with Crippen LogP contribution in [0.15, 0.2) is 12.1 Å². The lowest BCUT2D eigenvalue weighted by Gasteiger charge is -2.07. The summed E-state index contributed by atoms with van der Waals surface area (Å²) in [5.41, 5.74) is 0.365. The van der Waals surface area contributed by atoms with Crippen LogP contribution in [0.25, 0.3) is 0 Å². The van der Waals surface area contributed by atoms with Crippen LogP contribution in [0.2, 0.25) is 0 Å². The van der Waals surface area contributed by atoms with Crippen molar-refractivity contribution in [1.29, 1.82) is 0 Å². The Labute approximate surface area is 82.3 Å². The van der Waals surface area contributed by atoms with Crippen molar-refractivity contribution in [3.8, 4) is 5.75 Å². The molecular weight excluding hydrogens is 180 g/mol. The molecule has 0 aliphatic heterocycles. The number of nitrogens with zero attached hydrogens (tertiary/aromatic N) is 1. The van der Waals surface area contributed by atoms with Gasteiger partial charge in [0.15, 0.2) is 6.29 Å². The van der Waals surface area contributed by atoms with Crippen LogP contribution < -0.4 is 10.1 Å². The van der Waals surface area contributed by atoms with Crippen LogP contribution in [0, 0.1) is 0 Å². The fourth-order valence-corrected chi connectivity index (χ4v) is 1.15. The van der Waals surface area contributed by atoms with Gasteiger partial charge < -0.3 is 10.1 Å². The van der Waals surface area contributed by atoms with Crippen molar-refractivity contribution in [2.75, 3.05) is 12.4 Å². The first-order chi connectivity index (χ1) is 6.83. The van der Waals surface area contributed by atoms with E-state index >= 15 is 0 Å². The van der Waals surface area contributed by atoms with Gasteiger partial charge in [0, 0.05) is 7.05 Å². The van der Waals surface area contributed by atoms with E-state index in [1.165, 1.54) is 0 Å². The molecule has 1 N–H and O–H groups in total. The lowest BCUT2D eigenvalue weighted by atomic mass is 10.3. The molecule has 0 amide bonds. The molecule has 1 aliphatic rings. The molecule has 0 unspecified atom stereocenters. The van der Waals surface area contributed by atoms with Crippen molar-refractivity contribution < 1.29 is 9.53 Å². The van der Waals surface area contributed by atoms with Gasteiger partial charge in [0.1, 0.15) is 17.3 Å². The van der Waals surface area contributed by atoms with Crippen LogP contribution in [0.1, 0.15) is 23.3 Å². The smallest absolute Gasteiger partial charge is 0.172 e. The Morgan fingerprint density at radius 2 is 2.36 bits per heavy atom. The zero-order chi connectivity index (χ0) is 9.97. The number of hydrogen-bond donors (Lipinski definition) is 1. The molecule has 4 heteroatoms. The normalized spacial score (nSPS) is 14.9. The highest BCUT2D eigenvalue weighted by Crippen LogP contribution is 2.28. The van der Waals surface area contributed by atoms with Gasteiger partial charge in [0.25, 0.3) is 0 Å². The lowest BCUT2D eigenvalue weighted by molar-refractivity contribution is 0.111. The molecule has 1 heterocycles. The third-order valence-corrected chi connectivity index (χ3v) is 2.07. The highest BCUT2D eigenvalue weighted by atomic mass is 16.5. The van der Waals surface area contributed by atoms with Gasteiger partial charge >= 0.3 is 0 Å². The molecule has 0 radical (unpaired) electrons. The number of ether oxygens (including phenoxy) is 1. The second-order valence-corrected chi connectivity index (χ2v) is 3.26. The molecule has 1 aromatic heterocycles. The molecular formula is C10H12N2O2. The summed E-state index contributed by atoms with van der Waals surface area (Å²) in [5.74, 6) is 1.26. The number of carbonyl (C=O) groups excluding carboxylic acids is 1. The van der Waals surface area contributed by atoms with Crippen molar-refractivity contribution in [3.05, 3.63) is 17.8 Å². The Hall–Kier alpha value is -1.58. The summed E-state index contributed by atoms with van der Waals surface area (Å²) in [5, 5.41) is 2.87. The van der Waals surface area contributed by atoms with Gasteiger partial charge in [-0.3, -0.25) is 4.79 Å². The molecule has 14 heavy (non-hydrogen) atoms. The summed E-state index contributed by atoms with van der Waals surface area (Å²) in [6.45, 7) is 0. The summed E-state index contributed by atoms with van der Waals surface area (Å²) in [6.07, 6.45) is 3.16. The molecule has 0 spiro atoms. The van der Waals surface area contributed by atoms with E-state index < -0.39 is 0 Å². The van der Waals surface area contributed by atoms with E-state index in [9.17, 15) is 4.79 Å². The van der Waals surface area contributed by atoms with Gasteiger partial charge in [-0.25, -0.2) is 4.98 Å². The number of rotatable bonds is 4. The monoisotopic (exact) mass is 192 g/mol. The van der Waals surface area contributed by atoms with E-state index in [1.807, 2.05) is 0 Å². The Kier molecular flexibility index (Phi) is 2.35. The first-order valence-corrected chi connectivity index (χ1v) is 4.64. The van der Waals surface area contributed by atoms with E-state index in [0.29, 0.717) is 17.3 Å². The van der Waals surface area contributed by atoms with Crippen LogP contribution >= 0.6 is 0 Å². The summed E-state index contributed by atoms with van der Waals surface area (Å²) in [7, 11) is 1.76. The number of hydrogen-bond acceptors (Lipinski definition) is 4. The SMILES string of the molecule is CNc1ccc(OC2CC2)c(C=O)n1. The fourth-order valence-electron chi connectivity index (χ4n) is 1.15. The first-order valence-electron chi connectivity index (χ1n) is 4.64. The molecule has 1 saturated carbocycles. The minimum atomic E-state index is 0.288. The fraction of sp³-hybridized carbons (Fsp3) is 0.400. The number of aldehydes is 1. The quantitative estimate of drug-likeness (QED) is 0.734. The van der Waals surface area contributed by atoms with Crippen LogP contribution in [0.4, 0.5) is 5.82 Å². The van der Waals surface area contributed by atoms with Gasteiger partial charge in [0.2, 0.25) is 0 Å². The second-order valence-electron chi connectivity index (χ2n) is 3.26. The standard InChI is InChI=1S/C10H12N2O2/c1-11-10-5-4-9(8(6-13)12-10)14-7-2-3-7/h4-7H,2-3H2,1H3,(H,11,12). The van der Waals surface area contributed by atoms with Crippen LogP contribution in [-0.2, 0) is 0 Å². The molecule has 0 saturated heterocycles. The van der Waals surface area contributed by atoms with E-state index in [2.05, 4.69) is 10.3 Å². The zero-order valence-electron chi connectivity index (χ0n) is 7.99. The highest BCUT2D eigenvalue weighted by molar-refractivity contribution is 5.77. The molecule has 1 aliphatic carbocycles. The minimum Gasteiger partial charge on any atom is -0.488 e.